The van der Waals surface area contributed by atoms with Crippen molar-refractivity contribution in [3.8, 4) is 11.5 Å². The Morgan fingerprint density at radius 1 is 1.21 bits per heavy atom. The Balaban J connectivity index is 1.86. The highest BCUT2D eigenvalue weighted by Gasteiger charge is 2.36. The minimum atomic E-state index is -1.05. The van der Waals surface area contributed by atoms with E-state index in [2.05, 4.69) is 0 Å². The monoisotopic (exact) mass is 398 g/mol. The lowest BCUT2D eigenvalue weighted by molar-refractivity contribution is -0.152. The van der Waals surface area contributed by atoms with Crippen LogP contribution in [0.1, 0.15) is 27.8 Å². The summed E-state index contributed by atoms with van der Waals surface area (Å²) >= 11 is 0. The van der Waals surface area contributed by atoms with Gasteiger partial charge in [0.25, 0.3) is 0 Å². The van der Waals surface area contributed by atoms with E-state index in [0.29, 0.717) is 5.75 Å². The van der Waals surface area contributed by atoms with Crippen molar-refractivity contribution in [2.75, 3.05) is 7.11 Å². The lowest BCUT2D eigenvalue weighted by atomic mass is 9.91. The van der Waals surface area contributed by atoms with Gasteiger partial charge in [-0.2, -0.15) is 0 Å². The van der Waals surface area contributed by atoms with E-state index in [1.165, 1.54) is 4.90 Å². The lowest BCUT2D eigenvalue weighted by Gasteiger charge is -2.36. The van der Waals surface area contributed by atoms with Gasteiger partial charge in [0.05, 0.1) is 13.2 Å². The molecule has 0 radical (unpaired) electrons. The first-order valence-electron chi connectivity index (χ1n) is 9.45. The molecule has 3 rings (SSSR count). The molecule has 1 aliphatic rings. The van der Waals surface area contributed by atoms with Gasteiger partial charge in [-0.15, -0.1) is 0 Å². The number of methoxy groups -OCH3 is 1. The van der Waals surface area contributed by atoms with Gasteiger partial charge in [-0.25, -0.2) is 4.79 Å². The van der Waals surface area contributed by atoms with Crippen LogP contribution < -0.4 is 10.5 Å². The van der Waals surface area contributed by atoms with E-state index in [1.54, 1.807) is 25.3 Å². The summed E-state index contributed by atoms with van der Waals surface area (Å²) in [7, 11) is 1.56. The molecule has 0 aliphatic carbocycles. The van der Waals surface area contributed by atoms with E-state index in [1.807, 2.05) is 26.0 Å². The molecule has 2 atom stereocenters. The number of hydrogen-bond acceptors (Lipinski definition) is 5. The molecular formula is C22H26N2O5. The molecule has 4 N–H and O–H groups in total. The summed E-state index contributed by atoms with van der Waals surface area (Å²) in [5.74, 6) is -0.637. The van der Waals surface area contributed by atoms with Crippen LogP contribution in [-0.2, 0) is 29.0 Å². The van der Waals surface area contributed by atoms with E-state index in [0.717, 1.165) is 27.8 Å². The molecule has 0 saturated carbocycles. The fourth-order valence-electron chi connectivity index (χ4n) is 3.95. The molecule has 0 unspecified atom stereocenters. The molecule has 29 heavy (non-hydrogen) atoms. The first-order chi connectivity index (χ1) is 13.7. The van der Waals surface area contributed by atoms with E-state index in [9.17, 15) is 19.8 Å². The van der Waals surface area contributed by atoms with Crippen LogP contribution in [0.2, 0.25) is 0 Å². The van der Waals surface area contributed by atoms with Crippen molar-refractivity contribution in [2.45, 2.75) is 45.3 Å². The van der Waals surface area contributed by atoms with Gasteiger partial charge in [0.2, 0.25) is 5.91 Å². The van der Waals surface area contributed by atoms with Gasteiger partial charge in [0, 0.05) is 13.0 Å². The number of rotatable bonds is 5. The number of amides is 1. The summed E-state index contributed by atoms with van der Waals surface area (Å²) in [4.78, 5) is 26.3. The Morgan fingerprint density at radius 2 is 1.86 bits per heavy atom. The number of carbonyl (C=O) groups excluding carboxylic acids is 1. The zero-order valence-electron chi connectivity index (χ0n) is 16.8. The zero-order chi connectivity index (χ0) is 21.3. The molecule has 2 aromatic rings. The van der Waals surface area contributed by atoms with Gasteiger partial charge in [-0.1, -0.05) is 6.07 Å². The third-order valence-electron chi connectivity index (χ3n) is 5.53. The summed E-state index contributed by atoms with van der Waals surface area (Å²) in [5.41, 5.74) is 10.5. The van der Waals surface area contributed by atoms with Crippen molar-refractivity contribution >= 4 is 11.9 Å². The molecule has 7 heteroatoms. The van der Waals surface area contributed by atoms with E-state index in [-0.39, 0.29) is 25.1 Å². The normalized spacial score (nSPS) is 16.8. The summed E-state index contributed by atoms with van der Waals surface area (Å²) in [6.45, 7) is 3.87. The van der Waals surface area contributed by atoms with Crippen molar-refractivity contribution in [3.63, 3.8) is 0 Å². The van der Waals surface area contributed by atoms with Crippen molar-refractivity contribution in [1.82, 2.24) is 4.90 Å². The molecule has 7 nitrogen and oxygen atoms in total. The highest BCUT2D eigenvalue weighted by molar-refractivity contribution is 5.88. The molecule has 0 spiro atoms. The molecule has 0 bridgehead atoms. The number of nitrogens with zero attached hydrogens (tertiary/aromatic N) is 1. The summed E-state index contributed by atoms with van der Waals surface area (Å²) in [5, 5.41) is 19.4. The van der Waals surface area contributed by atoms with Gasteiger partial charge in [0.1, 0.15) is 17.5 Å². The maximum Gasteiger partial charge on any atom is 0.326 e. The zero-order valence-corrected chi connectivity index (χ0v) is 16.8. The molecule has 0 saturated heterocycles. The van der Waals surface area contributed by atoms with Crippen LogP contribution in [0.25, 0.3) is 0 Å². The Labute approximate surface area is 169 Å². The smallest absolute Gasteiger partial charge is 0.326 e. The molecule has 2 aromatic carbocycles. The number of aliphatic carboxylic acids is 1. The number of ether oxygens (including phenoxy) is 1. The Morgan fingerprint density at radius 3 is 2.45 bits per heavy atom. The maximum atomic E-state index is 13.1. The average Bonchev–Trinajstić information content (AvgIpc) is 2.68. The second kappa shape index (κ2) is 8.13. The predicted octanol–water partition coefficient (Wildman–Crippen LogP) is 1.93. The topological polar surface area (TPSA) is 113 Å². The number of phenols is 1. The Kier molecular flexibility index (Phi) is 5.79. The molecule has 1 amide bonds. The highest BCUT2D eigenvalue weighted by atomic mass is 16.5. The third-order valence-corrected chi connectivity index (χ3v) is 5.53. The minimum Gasteiger partial charge on any atom is -0.508 e. The van der Waals surface area contributed by atoms with Crippen LogP contribution in [-0.4, -0.2) is 46.2 Å². The predicted molar refractivity (Wildman–Crippen MR) is 108 cm³/mol. The number of fused-ring (bicyclic) bond motifs is 1. The molecular weight excluding hydrogens is 372 g/mol. The van der Waals surface area contributed by atoms with Crippen LogP contribution in [0, 0.1) is 13.8 Å². The van der Waals surface area contributed by atoms with Crippen LogP contribution in [0.5, 0.6) is 11.5 Å². The number of carbonyl (C=O) groups is 2. The van der Waals surface area contributed by atoms with Crippen molar-refractivity contribution in [1.29, 1.82) is 0 Å². The van der Waals surface area contributed by atoms with Gasteiger partial charge in [-0.3, -0.25) is 4.79 Å². The maximum absolute atomic E-state index is 13.1. The van der Waals surface area contributed by atoms with E-state index >= 15 is 0 Å². The fourth-order valence-corrected chi connectivity index (χ4v) is 3.95. The molecule has 1 heterocycles. The second-order valence-corrected chi connectivity index (χ2v) is 7.53. The summed E-state index contributed by atoms with van der Waals surface area (Å²) in [6, 6.07) is 6.87. The largest absolute Gasteiger partial charge is 0.508 e. The van der Waals surface area contributed by atoms with Crippen molar-refractivity contribution < 1.29 is 24.5 Å². The van der Waals surface area contributed by atoms with Crippen molar-refractivity contribution in [3.05, 3.63) is 58.1 Å². The van der Waals surface area contributed by atoms with Gasteiger partial charge in [0.15, 0.2) is 0 Å². The second-order valence-electron chi connectivity index (χ2n) is 7.53. The average molecular weight is 398 g/mol. The number of aryl methyl sites for hydroxylation is 2. The van der Waals surface area contributed by atoms with Crippen LogP contribution in [0.3, 0.4) is 0 Å². The van der Waals surface area contributed by atoms with Crippen LogP contribution in [0.15, 0.2) is 30.3 Å². The van der Waals surface area contributed by atoms with Crippen LogP contribution in [0.4, 0.5) is 0 Å². The molecule has 154 valence electrons. The number of hydrogen-bond donors (Lipinski definition) is 3. The highest BCUT2D eigenvalue weighted by Crippen LogP contribution is 2.28. The van der Waals surface area contributed by atoms with Crippen LogP contribution >= 0.6 is 0 Å². The first-order valence-corrected chi connectivity index (χ1v) is 9.45. The number of carboxylic acid groups (broad SMARTS) is 1. The molecule has 1 aliphatic heterocycles. The molecule has 0 aromatic heterocycles. The Hall–Kier alpha value is -3.06. The SMILES string of the molecule is COc1ccc2c(c1)CN(C(=O)[C@H](N)Cc1c(C)cc(O)cc1C)[C@H](C(=O)O)C2. The van der Waals surface area contributed by atoms with Gasteiger partial charge in [-0.05, 0) is 72.4 Å². The van der Waals surface area contributed by atoms with Gasteiger partial charge >= 0.3 is 5.97 Å². The number of phenolic OH excluding ortho intramolecular Hbond substituents is 1. The van der Waals surface area contributed by atoms with E-state index < -0.39 is 24.0 Å². The third kappa shape index (κ3) is 4.19. The number of benzene rings is 2. The minimum absolute atomic E-state index is 0.163. The summed E-state index contributed by atoms with van der Waals surface area (Å²) < 4.78 is 5.25. The van der Waals surface area contributed by atoms with Gasteiger partial charge < -0.3 is 25.6 Å². The number of aromatic hydroxyl groups is 1. The van der Waals surface area contributed by atoms with Crippen molar-refractivity contribution in [2.24, 2.45) is 5.73 Å². The summed E-state index contributed by atoms with van der Waals surface area (Å²) in [6.07, 6.45) is 0.495. The lowest BCUT2D eigenvalue weighted by Crippen LogP contribution is -2.54. The van der Waals surface area contributed by atoms with E-state index in [4.69, 9.17) is 10.5 Å². The number of nitrogens with two attached hydrogens (primary N) is 1. The standard InChI is InChI=1S/C22H26N2O5/c1-12-6-16(25)7-13(2)18(12)10-19(23)21(26)24-11-15-8-17(29-3)5-4-14(15)9-20(24)22(27)28/h4-8,19-20,25H,9-11,23H2,1-3H3,(H,27,28)/t19-,20+/m1/s1. The fraction of sp³-hybridized carbons (Fsp3) is 0.364. The molecule has 0 fully saturated rings. The number of carboxylic acids is 1. The quantitative estimate of drug-likeness (QED) is 0.709. The first kappa shape index (κ1) is 20.7. The Bertz CT molecular complexity index is 933.